The summed E-state index contributed by atoms with van der Waals surface area (Å²) in [6.45, 7) is 2.12. The van der Waals surface area contributed by atoms with Crippen LogP contribution in [0, 0.1) is 0 Å². The molecule has 0 saturated carbocycles. The molecule has 0 aliphatic rings. The fourth-order valence-electron chi connectivity index (χ4n) is 1.67. The summed E-state index contributed by atoms with van der Waals surface area (Å²) in [5, 5.41) is 0. The highest BCUT2D eigenvalue weighted by molar-refractivity contribution is 5.91. The maximum absolute atomic E-state index is 11.7. The third-order valence-corrected chi connectivity index (χ3v) is 2.51. The Bertz CT molecular complexity index is 482. The number of pyridine rings is 1. The van der Waals surface area contributed by atoms with Crippen LogP contribution in [0.15, 0.2) is 54.9 Å². The Kier molecular flexibility index (Phi) is 3.50. The van der Waals surface area contributed by atoms with Gasteiger partial charge in [0.05, 0.1) is 6.54 Å². The number of carbonyl (C=O) groups excluding carboxylic acids is 1. The van der Waals surface area contributed by atoms with E-state index < -0.39 is 0 Å². The van der Waals surface area contributed by atoms with E-state index in [0.29, 0.717) is 6.54 Å². The molecular formula is C14H14N2O. The number of para-hydroxylation sites is 1. The summed E-state index contributed by atoms with van der Waals surface area (Å²) in [6.07, 6.45) is 3.50. The number of aromatic nitrogens is 1. The minimum atomic E-state index is 0.0278. The zero-order chi connectivity index (χ0) is 12.1. The molecule has 0 unspecified atom stereocenters. The predicted molar refractivity (Wildman–Crippen MR) is 67.5 cm³/mol. The molecule has 1 aromatic carbocycles. The van der Waals surface area contributed by atoms with E-state index in [2.05, 4.69) is 4.98 Å². The van der Waals surface area contributed by atoms with E-state index in [9.17, 15) is 4.79 Å². The van der Waals surface area contributed by atoms with Crippen LogP contribution in [-0.2, 0) is 11.3 Å². The van der Waals surface area contributed by atoms with E-state index in [-0.39, 0.29) is 5.91 Å². The SMILES string of the molecule is CC(=O)N(Cc1cccnc1)c1ccccc1. The van der Waals surface area contributed by atoms with Crippen LogP contribution in [-0.4, -0.2) is 10.9 Å². The van der Waals surface area contributed by atoms with Gasteiger partial charge in [-0.1, -0.05) is 24.3 Å². The van der Waals surface area contributed by atoms with Crippen molar-refractivity contribution in [3.63, 3.8) is 0 Å². The summed E-state index contributed by atoms with van der Waals surface area (Å²) in [6, 6.07) is 13.5. The van der Waals surface area contributed by atoms with Crippen LogP contribution >= 0.6 is 0 Å². The first-order valence-electron chi connectivity index (χ1n) is 5.49. The van der Waals surface area contributed by atoms with Crippen LogP contribution in [0.5, 0.6) is 0 Å². The zero-order valence-electron chi connectivity index (χ0n) is 9.71. The van der Waals surface area contributed by atoms with Gasteiger partial charge in [-0.15, -0.1) is 0 Å². The number of anilines is 1. The van der Waals surface area contributed by atoms with E-state index in [1.54, 1.807) is 24.2 Å². The first-order chi connectivity index (χ1) is 8.27. The van der Waals surface area contributed by atoms with E-state index in [0.717, 1.165) is 11.3 Å². The van der Waals surface area contributed by atoms with Crippen molar-refractivity contribution in [3.8, 4) is 0 Å². The van der Waals surface area contributed by atoms with Gasteiger partial charge in [0.1, 0.15) is 0 Å². The maximum atomic E-state index is 11.7. The molecule has 2 aromatic rings. The van der Waals surface area contributed by atoms with E-state index >= 15 is 0 Å². The van der Waals surface area contributed by atoms with Crippen LogP contribution in [0.3, 0.4) is 0 Å². The van der Waals surface area contributed by atoms with Crippen molar-refractivity contribution in [2.75, 3.05) is 4.90 Å². The second kappa shape index (κ2) is 5.25. The van der Waals surface area contributed by atoms with E-state index in [1.807, 2.05) is 42.5 Å². The summed E-state index contributed by atoms with van der Waals surface area (Å²) >= 11 is 0. The molecule has 0 radical (unpaired) electrons. The Morgan fingerprint density at radius 2 is 1.94 bits per heavy atom. The number of rotatable bonds is 3. The molecule has 0 N–H and O–H groups in total. The highest BCUT2D eigenvalue weighted by atomic mass is 16.2. The third-order valence-electron chi connectivity index (χ3n) is 2.51. The zero-order valence-corrected chi connectivity index (χ0v) is 9.71. The average Bonchev–Trinajstić information content (AvgIpc) is 2.38. The molecule has 0 atom stereocenters. The van der Waals surface area contributed by atoms with Crippen molar-refractivity contribution in [2.45, 2.75) is 13.5 Å². The molecule has 1 amide bonds. The van der Waals surface area contributed by atoms with Crippen molar-refractivity contribution in [1.82, 2.24) is 4.98 Å². The summed E-state index contributed by atoms with van der Waals surface area (Å²) in [5.74, 6) is 0.0278. The smallest absolute Gasteiger partial charge is 0.224 e. The van der Waals surface area contributed by atoms with Gasteiger partial charge >= 0.3 is 0 Å². The molecule has 0 aliphatic heterocycles. The molecule has 1 aromatic heterocycles. The number of benzene rings is 1. The fourth-order valence-corrected chi connectivity index (χ4v) is 1.67. The standard InChI is InChI=1S/C14H14N2O/c1-12(17)16(14-7-3-2-4-8-14)11-13-6-5-9-15-10-13/h2-10H,11H2,1H3. The summed E-state index contributed by atoms with van der Waals surface area (Å²) in [4.78, 5) is 17.4. The molecule has 0 spiro atoms. The first-order valence-corrected chi connectivity index (χ1v) is 5.49. The molecule has 17 heavy (non-hydrogen) atoms. The van der Waals surface area contributed by atoms with Crippen molar-refractivity contribution >= 4 is 11.6 Å². The Morgan fingerprint density at radius 1 is 1.18 bits per heavy atom. The monoisotopic (exact) mass is 226 g/mol. The lowest BCUT2D eigenvalue weighted by molar-refractivity contribution is -0.116. The normalized spacial score (nSPS) is 9.94. The Hall–Kier alpha value is -2.16. The van der Waals surface area contributed by atoms with Crippen LogP contribution in [0.25, 0.3) is 0 Å². The highest BCUT2D eigenvalue weighted by Gasteiger charge is 2.11. The van der Waals surface area contributed by atoms with Crippen molar-refractivity contribution < 1.29 is 4.79 Å². The predicted octanol–water partition coefficient (Wildman–Crippen LogP) is 2.63. The number of amides is 1. The van der Waals surface area contributed by atoms with Gasteiger partial charge in [-0.2, -0.15) is 0 Å². The van der Waals surface area contributed by atoms with Crippen LogP contribution in [0.2, 0.25) is 0 Å². The summed E-state index contributed by atoms with van der Waals surface area (Å²) < 4.78 is 0. The Morgan fingerprint density at radius 3 is 2.53 bits per heavy atom. The van der Waals surface area contributed by atoms with Crippen molar-refractivity contribution in [1.29, 1.82) is 0 Å². The second-order valence-corrected chi connectivity index (χ2v) is 3.80. The lowest BCUT2D eigenvalue weighted by Gasteiger charge is -2.21. The summed E-state index contributed by atoms with van der Waals surface area (Å²) in [5.41, 5.74) is 1.93. The lowest BCUT2D eigenvalue weighted by Crippen LogP contribution is -2.27. The molecule has 0 bridgehead atoms. The van der Waals surface area contributed by atoms with Gasteiger partial charge in [-0.05, 0) is 23.8 Å². The topological polar surface area (TPSA) is 33.2 Å². The Labute approximate surface area is 101 Å². The number of hydrogen-bond donors (Lipinski definition) is 0. The maximum Gasteiger partial charge on any atom is 0.224 e. The number of nitrogens with zero attached hydrogens (tertiary/aromatic N) is 2. The molecule has 0 fully saturated rings. The number of hydrogen-bond acceptors (Lipinski definition) is 2. The molecular weight excluding hydrogens is 212 g/mol. The van der Waals surface area contributed by atoms with Crippen molar-refractivity contribution in [2.24, 2.45) is 0 Å². The molecule has 0 saturated heterocycles. The average molecular weight is 226 g/mol. The summed E-state index contributed by atoms with van der Waals surface area (Å²) in [7, 11) is 0. The van der Waals surface area contributed by atoms with Gasteiger partial charge in [0.25, 0.3) is 0 Å². The lowest BCUT2D eigenvalue weighted by atomic mass is 10.2. The molecule has 2 rings (SSSR count). The Balaban J connectivity index is 2.23. The fraction of sp³-hybridized carbons (Fsp3) is 0.143. The van der Waals surface area contributed by atoms with Gasteiger partial charge in [0, 0.05) is 25.0 Å². The van der Waals surface area contributed by atoms with Gasteiger partial charge in [0.2, 0.25) is 5.91 Å². The van der Waals surface area contributed by atoms with Crippen LogP contribution < -0.4 is 4.90 Å². The van der Waals surface area contributed by atoms with E-state index in [1.165, 1.54) is 0 Å². The van der Waals surface area contributed by atoms with Gasteiger partial charge in [0.15, 0.2) is 0 Å². The second-order valence-electron chi connectivity index (χ2n) is 3.80. The van der Waals surface area contributed by atoms with E-state index in [4.69, 9.17) is 0 Å². The largest absolute Gasteiger partial charge is 0.308 e. The quantitative estimate of drug-likeness (QED) is 0.806. The highest BCUT2D eigenvalue weighted by Crippen LogP contribution is 2.16. The minimum absolute atomic E-state index is 0.0278. The number of carbonyl (C=O) groups is 1. The molecule has 3 nitrogen and oxygen atoms in total. The van der Waals surface area contributed by atoms with Gasteiger partial charge < -0.3 is 4.90 Å². The molecule has 1 heterocycles. The first kappa shape index (κ1) is 11.3. The minimum Gasteiger partial charge on any atom is -0.308 e. The molecule has 86 valence electrons. The van der Waals surface area contributed by atoms with Crippen molar-refractivity contribution in [3.05, 3.63) is 60.4 Å². The van der Waals surface area contributed by atoms with Gasteiger partial charge in [-0.3, -0.25) is 9.78 Å². The molecule has 0 aliphatic carbocycles. The third kappa shape index (κ3) is 2.91. The van der Waals surface area contributed by atoms with Crippen LogP contribution in [0.1, 0.15) is 12.5 Å². The molecule has 3 heteroatoms. The van der Waals surface area contributed by atoms with Crippen LogP contribution in [0.4, 0.5) is 5.69 Å². The van der Waals surface area contributed by atoms with Gasteiger partial charge in [-0.25, -0.2) is 0 Å².